The van der Waals surface area contributed by atoms with Gasteiger partial charge in [0.05, 0.1) is 12.2 Å². The molecule has 0 amide bonds. The van der Waals surface area contributed by atoms with E-state index in [1.54, 1.807) is 6.20 Å². The molecule has 0 aliphatic heterocycles. The van der Waals surface area contributed by atoms with Gasteiger partial charge in [-0.2, -0.15) is 10.2 Å². The first-order valence-corrected chi connectivity index (χ1v) is 5.37. The maximum absolute atomic E-state index is 5.10. The first-order valence-electron chi connectivity index (χ1n) is 4.96. The summed E-state index contributed by atoms with van der Waals surface area (Å²) in [5.74, 6) is 0.585. The topological polar surface area (TPSA) is 49.8 Å². The van der Waals surface area contributed by atoms with Gasteiger partial charge in [0.15, 0.2) is 5.11 Å². The summed E-state index contributed by atoms with van der Waals surface area (Å²) in [6, 6.07) is 3.76. The van der Waals surface area contributed by atoms with Crippen molar-refractivity contribution in [2.45, 2.75) is 20.4 Å². The summed E-state index contributed by atoms with van der Waals surface area (Å²) in [5, 5.41) is 14.6. The Bertz CT molecular complexity index is 300. The molecule has 0 radical (unpaired) electrons. The van der Waals surface area contributed by atoms with Crippen LogP contribution in [0.2, 0.25) is 0 Å². The molecule has 1 heterocycles. The third kappa shape index (κ3) is 5.27. The maximum atomic E-state index is 5.10. The van der Waals surface area contributed by atoms with Crippen molar-refractivity contribution in [1.29, 1.82) is 0 Å². The Hall–Kier alpha value is -1.23. The molecule has 1 aromatic rings. The lowest BCUT2D eigenvalue weighted by Crippen LogP contribution is -2.36. The first-order chi connectivity index (χ1) is 7.18. The lowest BCUT2D eigenvalue weighted by molar-refractivity contribution is 0.618. The average molecular weight is 224 g/mol. The van der Waals surface area contributed by atoms with Gasteiger partial charge in [0, 0.05) is 12.7 Å². The lowest BCUT2D eigenvalue weighted by Gasteiger charge is -2.11. The minimum atomic E-state index is 0.585. The van der Waals surface area contributed by atoms with Crippen LogP contribution in [0.5, 0.6) is 0 Å². The molecule has 1 rings (SSSR count). The van der Waals surface area contributed by atoms with E-state index in [1.807, 2.05) is 12.1 Å². The number of aromatic nitrogens is 2. The fourth-order valence-electron chi connectivity index (χ4n) is 0.958. The fraction of sp³-hybridized carbons (Fsp3) is 0.500. The molecule has 1 aromatic heterocycles. The van der Waals surface area contributed by atoms with Crippen LogP contribution in [0.1, 0.15) is 19.5 Å². The van der Waals surface area contributed by atoms with Gasteiger partial charge in [-0.15, -0.1) is 0 Å². The van der Waals surface area contributed by atoms with E-state index in [1.165, 1.54) is 0 Å². The van der Waals surface area contributed by atoms with Crippen LogP contribution >= 0.6 is 12.2 Å². The SMILES string of the molecule is CC(C)CNC(=S)NCc1cccnn1. The molecule has 0 bridgehead atoms. The Balaban J connectivity index is 2.23. The summed E-state index contributed by atoms with van der Waals surface area (Å²) >= 11 is 5.10. The highest BCUT2D eigenvalue weighted by atomic mass is 32.1. The molecule has 5 heteroatoms. The van der Waals surface area contributed by atoms with Crippen molar-refractivity contribution in [2.75, 3.05) is 6.54 Å². The molecule has 0 unspecified atom stereocenters. The van der Waals surface area contributed by atoms with Crippen LogP contribution in [-0.2, 0) is 6.54 Å². The fourth-order valence-corrected chi connectivity index (χ4v) is 1.11. The molecular formula is C10H16N4S. The summed E-state index contributed by atoms with van der Waals surface area (Å²) in [5.41, 5.74) is 0.881. The smallest absolute Gasteiger partial charge is 0.166 e. The number of nitrogens with one attached hydrogen (secondary N) is 2. The highest BCUT2D eigenvalue weighted by molar-refractivity contribution is 7.80. The predicted octanol–water partition coefficient (Wildman–Crippen LogP) is 1.10. The van der Waals surface area contributed by atoms with Gasteiger partial charge in [0.25, 0.3) is 0 Å². The van der Waals surface area contributed by atoms with Crippen molar-refractivity contribution < 1.29 is 0 Å². The molecule has 0 aromatic carbocycles. The van der Waals surface area contributed by atoms with Gasteiger partial charge in [-0.25, -0.2) is 0 Å². The van der Waals surface area contributed by atoms with Crippen LogP contribution in [0.25, 0.3) is 0 Å². The largest absolute Gasteiger partial charge is 0.362 e. The number of hydrogen-bond acceptors (Lipinski definition) is 3. The maximum Gasteiger partial charge on any atom is 0.166 e. The van der Waals surface area contributed by atoms with Crippen LogP contribution in [-0.4, -0.2) is 21.9 Å². The van der Waals surface area contributed by atoms with Gasteiger partial charge in [-0.3, -0.25) is 0 Å². The number of thiocarbonyl (C=S) groups is 1. The molecule has 4 nitrogen and oxygen atoms in total. The van der Waals surface area contributed by atoms with Gasteiger partial charge >= 0.3 is 0 Å². The van der Waals surface area contributed by atoms with Crippen molar-refractivity contribution in [3.8, 4) is 0 Å². The van der Waals surface area contributed by atoms with Crippen molar-refractivity contribution in [1.82, 2.24) is 20.8 Å². The molecule has 82 valence electrons. The average Bonchev–Trinajstić information content (AvgIpc) is 2.25. The van der Waals surface area contributed by atoms with E-state index in [-0.39, 0.29) is 0 Å². The number of nitrogens with zero attached hydrogens (tertiary/aromatic N) is 2. The number of hydrogen-bond donors (Lipinski definition) is 2. The van der Waals surface area contributed by atoms with Crippen molar-refractivity contribution in [3.63, 3.8) is 0 Å². The summed E-state index contributed by atoms with van der Waals surface area (Å²) in [4.78, 5) is 0. The van der Waals surface area contributed by atoms with E-state index in [2.05, 4.69) is 34.7 Å². The van der Waals surface area contributed by atoms with Gasteiger partial charge in [-0.05, 0) is 30.3 Å². The predicted molar refractivity (Wildman–Crippen MR) is 64.3 cm³/mol. The van der Waals surface area contributed by atoms with Gasteiger partial charge in [0.2, 0.25) is 0 Å². The Morgan fingerprint density at radius 3 is 2.87 bits per heavy atom. The zero-order valence-corrected chi connectivity index (χ0v) is 9.84. The van der Waals surface area contributed by atoms with E-state index in [4.69, 9.17) is 12.2 Å². The molecule has 0 saturated heterocycles. The van der Waals surface area contributed by atoms with E-state index >= 15 is 0 Å². The van der Waals surface area contributed by atoms with E-state index in [9.17, 15) is 0 Å². The number of rotatable bonds is 4. The molecule has 0 saturated carbocycles. The Morgan fingerprint density at radius 2 is 2.27 bits per heavy atom. The zero-order chi connectivity index (χ0) is 11.1. The Kier molecular flexibility index (Phi) is 4.97. The third-order valence-electron chi connectivity index (χ3n) is 1.73. The quantitative estimate of drug-likeness (QED) is 0.750. The molecule has 0 aliphatic rings. The van der Waals surface area contributed by atoms with E-state index in [0.29, 0.717) is 17.6 Å². The summed E-state index contributed by atoms with van der Waals surface area (Å²) in [6.45, 7) is 5.76. The van der Waals surface area contributed by atoms with Crippen LogP contribution in [0.4, 0.5) is 0 Å². The van der Waals surface area contributed by atoms with Crippen LogP contribution in [0, 0.1) is 5.92 Å². The molecule has 15 heavy (non-hydrogen) atoms. The monoisotopic (exact) mass is 224 g/mol. The van der Waals surface area contributed by atoms with Gasteiger partial charge < -0.3 is 10.6 Å². The van der Waals surface area contributed by atoms with Gasteiger partial charge in [-0.1, -0.05) is 13.8 Å². The summed E-state index contributed by atoms with van der Waals surface area (Å²) in [7, 11) is 0. The molecular weight excluding hydrogens is 208 g/mol. The Morgan fingerprint density at radius 1 is 1.47 bits per heavy atom. The molecule has 0 spiro atoms. The van der Waals surface area contributed by atoms with Gasteiger partial charge in [0.1, 0.15) is 0 Å². The highest BCUT2D eigenvalue weighted by Crippen LogP contribution is 1.90. The molecule has 0 aliphatic carbocycles. The zero-order valence-electron chi connectivity index (χ0n) is 9.03. The van der Waals surface area contributed by atoms with Crippen LogP contribution < -0.4 is 10.6 Å². The van der Waals surface area contributed by atoms with Crippen LogP contribution in [0.3, 0.4) is 0 Å². The summed E-state index contributed by atoms with van der Waals surface area (Å²) in [6.07, 6.45) is 1.65. The first kappa shape index (κ1) is 11.8. The summed E-state index contributed by atoms with van der Waals surface area (Å²) < 4.78 is 0. The Labute approximate surface area is 95.5 Å². The van der Waals surface area contributed by atoms with E-state index < -0.39 is 0 Å². The normalized spacial score (nSPS) is 10.1. The molecule has 0 fully saturated rings. The highest BCUT2D eigenvalue weighted by Gasteiger charge is 1.98. The third-order valence-corrected chi connectivity index (χ3v) is 2.02. The second kappa shape index (κ2) is 6.29. The standard InChI is InChI=1S/C10H16N4S/c1-8(2)6-11-10(15)12-7-9-4-3-5-13-14-9/h3-5,8H,6-7H2,1-2H3,(H2,11,12,15). The van der Waals surface area contributed by atoms with Crippen molar-refractivity contribution >= 4 is 17.3 Å². The molecule has 2 N–H and O–H groups in total. The molecule has 0 atom stereocenters. The minimum absolute atomic E-state index is 0.585. The van der Waals surface area contributed by atoms with Crippen LogP contribution in [0.15, 0.2) is 18.3 Å². The van der Waals surface area contributed by atoms with E-state index in [0.717, 1.165) is 12.2 Å². The lowest BCUT2D eigenvalue weighted by atomic mass is 10.2. The van der Waals surface area contributed by atoms with Crippen molar-refractivity contribution in [3.05, 3.63) is 24.0 Å². The van der Waals surface area contributed by atoms with Crippen molar-refractivity contribution in [2.24, 2.45) is 5.92 Å². The second-order valence-corrected chi connectivity index (χ2v) is 4.08. The minimum Gasteiger partial charge on any atom is -0.362 e. The second-order valence-electron chi connectivity index (χ2n) is 3.67.